The van der Waals surface area contributed by atoms with Gasteiger partial charge in [0.15, 0.2) is 5.78 Å². The molecule has 154 valence electrons. The van der Waals surface area contributed by atoms with Crippen LogP contribution in [0.5, 0.6) is 0 Å². The van der Waals surface area contributed by atoms with Crippen molar-refractivity contribution in [2.45, 2.75) is 39.0 Å². The zero-order valence-corrected chi connectivity index (χ0v) is 18.1. The maximum absolute atomic E-state index is 12.5. The molecular weight excluding hydrogens is 390 g/mol. The molecule has 3 nitrogen and oxygen atoms in total. The average Bonchev–Trinajstić information content (AvgIpc) is 3.29. The van der Waals surface area contributed by atoms with E-state index in [4.69, 9.17) is 0 Å². The standard InChI is InChI=1S/C26H27NO2S/c1-18(28)20-7-9-21(10-8-20)22-11-13-23(14-12-22)24-15-25(30-17-24)26(29)27-16-19-5-3-2-4-6-19/h7-15,17,19H,2-6,16H2,1H3,(H,27,29). The number of thiophene rings is 1. The van der Waals surface area contributed by atoms with Crippen LogP contribution in [0.2, 0.25) is 0 Å². The molecule has 1 heterocycles. The van der Waals surface area contributed by atoms with Crippen LogP contribution in [0.15, 0.2) is 60.0 Å². The molecule has 30 heavy (non-hydrogen) atoms. The summed E-state index contributed by atoms with van der Waals surface area (Å²) in [5, 5.41) is 5.17. The Bertz CT molecular complexity index is 1010. The molecule has 0 aliphatic heterocycles. The minimum Gasteiger partial charge on any atom is -0.351 e. The molecule has 1 amide bonds. The van der Waals surface area contributed by atoms with Crippen LogP contribution in [0.4, 0.5) is 0 Å². The van der Waals surface area contributed by atoms with Crippen molar-refractivity contribution in [2.24, 2.45) is 5.92 Å². The number of benzene rings is 2. The number of ketones is 1. The fraction of sp³-hybridized carbons (Fsp3) is 0.308. The average molecular weight is 418 g/mol. The van der Waals surface area contributed by atoms with Gasteiger partial charge in [0.1, 0.15) is 0 Å². The van der Waals surface area contributed by atoms with E-state index in [0.29, 0.717) is 5.92 Å². The van der Waals surface area contributed by atoms with Gasteiger partial charge in [-0.3, -0.25) is 9.59 Å². The van der Waals surface area contributed by atoms with Gasteiger partial charge in [-0.1, -0.05) is 67.8 Å². The van der Waals surface area contributed by atoms with E-state index in [1.807, 2.05) is 35.7 Å². The van der Waals surface area contributed by atoms with Crippen LogP contribution in [0.25, 0.3) is 22.3 Å². The van der Waals surface area contributed by atoms with Gasteiger partial charge in [-0.25, -0.2) is 0 Å². The molecule has 1 fully saturated rings. The summed E-state index contributed by atoms with van der Waals surface area (Å²) in [6, 6.07) is 18.0. The third kappa shape index (κ3) is 4.88. The SMILES string of the molecule is CC(=O)c1ccc(-c2ccc(-c3csc(C(=O)NCC4CCCCC4)c3)cc2)cc1. The molecule has 1 aliphatic rings. The molecule has 4 heteroatoms. The zero-order valence-electron chi connectivity index (χ0n) is 17.3. The number of hydrogen-bond donors (Lipinski definition) is 1. The molecule has 2 aromatic carbocycles. The van der Waals surface area contributed by atoms with Crippen LogP contribution in [-0.4, -0.2) is 18.2 Å². The Balaban J connectivity index is 1.40. The van der Waals surface area contributed by atoms with Gasteiger partial charge in [-0.05, 0) is 59.4 Å². The van der Waals surface area contributed by atoms with Crippen molar-refractivity contribution in [2.75, 3.05) is 6.54 Å². The maximum Gasteiger partial charge on any atom is 0.261 e. The van der Waals surface area contributed by atoms with Gasteiger partial charge in [0.25, 0.3) is 5.91 Å². The molecular formula is C26H27NO2S. The Morgan fingerprint density at radius 2 is 1.43 bits per heavy atom. The molecule has 1 saturated carbocycles. The first-order chi connectivity index (χ1) is 14.6. The van der Waals surface area contributed by atoms with E-state index in [1.165, 1.54) is 43.4 Å². The molecule has 0 radical (unpaired) electrons. The van der Waals surface area contributed by atoms with Crippen molar-refractivity contribution >= 4 is 23.0 Å². The van der Waals surface area contributed by atoms with E-state index in [2.05, 4.69) is 29.6 Å². The van der Waals surface area contributed by atoms with Crippen molar-refractivity contribution in [3.63, 3.8) is 0 Å². The predicted octanol–water partition coefficient (Wildman–Crippen LogP) is 6.59. The largest absolute Gasteiger partial charge is 0.351 e. The van der Waals surface area contributed by atoms with Crippen molar-refractivity contribution in [3.8, 4) is 22.3 Å². The van der Waals surface area contributed by atoms with Crippen LogP contribution in [-0.2, 0) is 0 Å². The van der Waals surface area contributed by atoms with Crippen molar-refractivity contribution in [3.05, 3.63) is 70.4 Å². The van der Waals surface area contributed by atoms with Crippen molar-refractivity contribution < 1.29 is 9.59 Å². The highest BCUT2D eigenvalue weighted by Gasteiger charge is 2.16. The second kappa shape index (κ2) is 9.40. The number of hydrogen-bond acceptors (Lipinski definition) is 3. The predicted molar refractivity (Wildman–Crippen MR) is 124 cm³/mol. The van der Waals surface area contributed by atoms with Gasteiger partial charge in [0, 0.05) is 12.1 Å². The summed E-state index contributed by atoms with van der Waals surface area (Å²) in [7, 11) is 0. The van der Waals surface area contributed by atoms with E-state index in [-0.39, 0.29) is 11.7 Å². The summed E-state index contributed by atoms with van der Waals surface area (Å²) in [4.78, 5) is 24.7. The summed E-state index contributed by atoms with van der Waals surface area (Å²) < 4.78 is 0. The summed E-state index contributed by atoms with van der Waals surface area (Å²) >= 11 is 1.50. The molecule has 3 aromatic rings. The third-order valence-electron chi connectivity index (χ3n) is 5.94. The summed E-state index contributed by atoms with van der Waals surface area (Å²) in [5.41, 5.74) is 5.08. The molecule has 1 aliphatic carbocycles. The van der Waals surface area contributed by atoms with Gasteiger partial charge in [-0.15, -0.1) is 11.3 Å². The third-order valence-corrected chi connectivity index (χ3v) is 6.87. The van der Waals surface area contributed by atoms with Crippen LogP contribution in [0, 0.1) is 5.92 Å². The Hall–Kier alpha value is -2.72. The Morgan fingerprint density at radius 3 is 2.03 bits per heavy atom. The van der Waals surface area contributed by atoms with Crippen molar-refractivity contribution in [1.82, 2.24) is 5.32 Å². The Kier molecular flexibility index (Phi) is 6.44. The summed E-state index contributed by atoms with van der Waals surface area (Å²) in [5.74, 6) is 0.756. The quantitative estimate of drug-likeness (QED) is 0.460. The molecule has 0 bridgehead atoms. The molecule has 0 saturated heterocycles. The van der Waals surface area contributed by atoms with Crippen LogP contribution >= 0.6 is 11.3 Å². The second-order valence-corrected chi connectivity index (χ2v) is 9.04. The Labute approximate surface area is 182 Å². The lowest BCUT2D eigenvalue weighted by Crippen LogP contribution is -2.29. The highest BCUT2D eigenvalue weighted by Crippen LogP contribution is 2.29. The van der Waals surface area contributed by atoms with E-state index < -0.39 is 0 Å². The summed E-state index contributed by atoms with van der Waals surface area (Å²) in [6.07, 6.45) is 6.39. The fourth-order valence-corrected chi connectivity index (χ4v) is 4.91. The van der Waals surface area contributed by atoms with Gasteiger partial charge < -0.3 is 5.32 Å². The first-order valence-corrected chi connectivity index (χ1v) is 11.6. The first kappa shape index (κ1) is 20.5. The lowest BCUT2D eigenvalue weighted by atomic mass is 9.89. The lowest BCUT2D eigenvalue weighted by molar-refractivity contribution is 0.0946. The molecule has 0 unspecified atom stereocenters. The van der Waals surface area contributed by atoms with E-state index in [9.17, 15) is 9.59 Å². The number of rotatable bonds is 6. The number of carbonyl (C=O) groups is 2. The smallest absolute Gasteiger partial charge is 0.261 e. The van der Waals surface area contributed by atoms with Gasteiger partial charge >= 0.3 is 0 Å². The number of carbonyl (C=O) groups excluding carboxylic acids is 2. The zero-order chi connectivity index (χ0) is 20.9. The topological polar surface area (TPSA) is 46.2 Å². The molecule has 0 atom stereocenters. The van der Waals surface area contributed by atoms with E-state index >= 15 is 0 Å². The first-order valence-electron chi connectivity index (χ1n) is 10.7. The summed E-state index contributed by atoms with van der Waals surface area (Å²) in [6.45, 7) is 2.37. The number of amides is 1. The van der Waals surface area contributed by atoms with Crippen LogP contribution < -0.4 is 5.32 Å². The second-order valence-electron chi connectivity index (χ2n) is 8.12. The number of nitrogens with one attached hydrogen (secondary N) is 1. The van der Waals surface area contributed by atoms with Gasteiger partial charge in [-0.2, -0.15) is 0 Å². The van der Waals surface area contributed by atoms with E-state index in [0.717, 1.165) is 39.2 Å². The highest BCUT2D eigenvalue weighted by atomic mass is 32.1. The molecule has 4 rings (SSSR count). The van der Waals surface area contributed by atoms with Crippen molar-refractivity contribution in [1.29, 1.82) is 0 Å². The van der Waals surface area contributed by atoms with E-state index in [1.54, 1.807) is 6.92 Å². The van der Waals surface area contributed by atoms with Crippen LogP contribution in [0.3, 0.4) is 0 Å². The fourth-order valence-electron chi connectivity index (χ4n) is 4.07. The molecule has 1 N–H and O–H groups in total. The van der Waals surface area contributed by atoms with Crippen LogP contribution in [0.1, 0.15) is 59.1 Å². The number of Topliss-reactive ketones (excluding diaryl/α,β-unsaturated/α-hetero) is 1. The Morgan fingerprint density at radius 1 is 0.867 bits per heavy atom. The highest BCUT2D eigenvalue weighted by molar-refractivity contribution is 7.12. The minimum atomic E-state index is 0.0407. The monoisotopic (exact) mass is 417 g/mol. The minimum absolute atomic E-state index is 0.0407. The lowest BCUT2D eigenvalue weighted by Gasteiger charge is -2.21. The molecule has 1 aromatic heterocycles. The molecule has 0 spiro atoms. The van der Waals surface area contributed by atoms with Gasteiger partial charge in [0.2, 0.25) is 0 Å². The normalized spacial score (nSPS) is 14.4. The van der Waals surface area contributed by atoms with Gasteiger partial charge in [0.05, 0.1) is 4.88 Å². The maximum atomic E-state index is 12.5.